The quantitative estimate of drug-likeness (QED) is 0.388. The molecule has 2 aromatic carbocycles. The van der Waals surface area contributed by atoms with Crippen LogP contribution in [0, 0.1) is 13.8 Å². The largest absolute Gasteiger partial charge is 1.00 e. The predicted octanol–water partition coefficient (Wildman–Crippen LogP) is 4.54. The Balaban J connectivity index is 0. The fraction of sp³-hybridized carbons (Fsp3) is 0.417. The monoisotopic (exact) mass is 549 g/mol. The standard InChI is InChI=1S/C14H21S.C10H12.BrH.H4P2.V/c1-3-14(15-10-4-5-11-15)13-8-6-12(2)7-9-13;1-3-4-10-7-5-9(2)6-8-10;;1-2;/h6-9,14H,3-5,10-11H2,1-2H3;3-8H,1-2H3;1H;1-2H2;/q+1;;;;/p-1/b;4-3+;;;. The Labute approximate surface area is 209 Å². The first-order valence-electron chi connectivity index (χ1n) is 9.89. The average Bonchev–Trinajstić information content (AvgIpc) is 3.23. The molecule has 1 aliphatic heterocycles. The number of hydrogen-bond donors (Lipinski definition) is 0. The van der Waals surface area contributed by atoms with Crippen LogP contribution in [0.15, 0.2) is 54.6 Å². The number of benzene rings is 2. The average molecular weight is 550 g/mol. The Kier molecular flexibility index (Phi) is 20.9. The van der Waals surface area contributed by atoms with E-state index in [-0.39, 0.29) is 35.5 Å². The van der Waals surface area contributed by atoms with Crippen molar-refractivity contribution in [3.63, 3.8) is 0 Å². The molecule has 3 unspecified atom stereocenters. The van der Waals surface area contributed by atoms with E-state index in [0.29, 0.717) is 10.9 Å². The van der Waals surface area contributed by atoms with Gasteiger partial charge in [-0.3, -0.25) is 0 Å². The van der Waals surface area contributed by atoms with E-state index in [1.54, 1.807) is 5.56 Å². The minimum absolute atomic E-state index is 0. The van der Waals surface area contributed by atoms with Gasteiger partial charge in [-0.05, 0) is 56.5 Å². The van der Waals surface area contributed by atoms with Gasteiger partial charge in [-0.15, -0.1) is 17.9 Å². The van der Waals surface area contributed by atoms with Gasteiger partial charge in [-0.1, -0.05) is 78.7 Å². The molecule has 0 nitrogen and oxygen atoms in total. The molecule has 0 aliphatic carbocycles. The summed E-state index contributed by atoms with van der Waals surface area (Å²) in [5, 5.41) is 0.841. The molecule has 0 bridgehead atoms. The van der Waals surface area contributed by atoms with Crippen LogP contribution in [0.2, 0.25) is 0 Å². The Morgan fingerprint density at radius 3 is 1.76 bits per heavy atom. The van der Waals surface area contributed by atoms with Gasteiger partial charge in [0.15, 0.2) is 0 Å². The summed E-state index contributed by atoms with van der Waals surface area (Å²) in [6, 6.07) is 17.7. The number of rotatable bonds is 4. The molecule has 3 rings (SSSR count). The summed E-state index contributed by atoms with van der Waals surface area (Å²) in [4.78, 5) is 0. The second kappa shape index (κ2) is 19.2. The molecular weight excluding hydrogens is 513 g/mol. The third-order valence-electron chi connectivity index (χ3n) is 4.72. The smallest absolute Gasteiger partial charge is 0.143 e. The topological polar surface area (TPSA) is 0 Å². The van der Waals surface area contributed by atoms with Crippen LogP contribution in [-0.4, -0.2) is 11.5 Å². The Hall–Kier alpha value is 0.454. The zero-order valence-corrected chi connectivity index (χ0v) is 24.4. The van der Waals surface area contributed by atoms with Gasteiger partial charge in [0.25, 0.3) is 0 Å². The first-order chi connectivity index (χ1) is 13.1. The first kappa shape index (κ1) is 31.6. The maximum Gasteiger partial charge on any atom is 0.143 e. The fourth-order valence-electron chi connectivity index (χ4n) is 3.28. The first-order valence-corrected chi connectivity index (χ1v) is 14.2. The maximum absolute atomic E-state index is 2.34. The number of hydrogen-bond acceptors (Lipinski definition) is 0. The third kappa shape index (κ3) is 12.2. The van der Waals surface area contributed by atoms with E-state index in [4.69, 9.17) is 0 Å². The molecule has 0 aromatic heterocycles. The Morgan fingerprint density at radius 1 is 0.897 bits per heavy atom. The molecule has 5 heteroatoms. The molecule has 0 saturated carbocycles. The summed E-state index contributed by atoms with van der Waals surface area (Å²) >= 11 is 0. The summed E-state index contributed by atoms with van der Waals surface area (Å²) in [6.07, 6.45) is 8.38. The summed E-state index contributed by atoms with van der Waals surface area (Å²) < 4.78 is 0. The van der Waals surface area contributed by atoms with Gasteiger partial charge in [0.1, 0.15) is 16.8 Å². The van der Waals surface area contributed by atoms with Crippen LogP contribution < -0.4 is 17.0 Å². The van der Waals surface area contributed by atoms with E-state index in [0.717, 1.165) is 5.25 Å². The van der Waals surface area contributed by atoms with Crippen molar-refractivity contribution in [2.75, 3.05) is 11.5 Å². The summed E-state index contributed by atoms with van der Waals surface area (Å²) in [7, 11) is 5.34. The predicted molar refractivity (Wildman–Crippen MR) is 136 cm³/mol. The zero-order chi connectivity index (χ0) is 20.1. The molecule has 0 N–H and O–H groups in total. The van der Waals surface area contributed by atoms with Crippen molar-refractivity contribution in [3.8, 4) is 0 Å². The van der Waals surface area contributed by atoms with Gasteiger partial charge in [0.05, 0.1) is 0 Å². The zero-order valence-electron chi connectivity index (χ0n) is 18.3. The molecular formula is C24H37BrP2SV. The summed E-state index contributed by atoms with van der Waals surface area (Å²) in [5.74, 6) is 2.96. The van der Waals surface area contributed by atoms with Crippen molar-refractivity contribution in [2.24, 2.45) is 0 Å². The second-order valence-electron chi connectivity index (χ2n) is 6.87. The van der Waals surface area contributed by atoms with Gasteiger partial charge < -0.3 is 17.0 Å². The molecule has 1 radical (unpaired) electrons. The van der Waals surface area contributed by atoms with Gasteiger partial charge in [-0.25, -0.2) is 0 Å². The van der Waals surface area contributed by atoms with Crippen LogP contribution in [0.25, 0.3) is 6.08 Å². The maximum atomic E-state index is 2.34. The molecule has 29 heavy (non-hydrogen) atoms. The summed E-state index contributed by atoms with van der Waals surface area (Å²) in [6.45, 7) is 8.64. The van der Waals surface area contributed by atoms with Gasteiger partial charge in [0, 0.05) is 24.1 Å². The molecule has 0 spiro atoms. The van der Waals surface area contributed by atoms with Crippen molar-refractivity contribution in [1.29, 1.82) is 0 Å². The van der Waals surface area contributed by atoms with Gasteiger partial charge in [0.2, 0.25) is 0 Å². The van der Waals surface area contributed by atoms with Crippen molar-refractivity contribution in [1.82, 2.24) is 0 Å². The second-order valence-corrected chi connectivity index (χ2v) is 9.33. The molecule has 3 atom stereocenters. The number of allylic oxidation sites excluding steroid dienone is 1. The van der Waals surface area contributed by atoms with E-state index in [1.807, 2.05) is 13.0 Å². The molecule has 161 valence electrons. The van der Waals surface area contributed by atoms with E-state index in [9.17, 15) is 0 Å². The van der Waals surface area contributed by atoms with E-state index in [2.05, 4.69) is 93.2 Å². The van der Waals surface area contributed by atoms with Gasteiger partial charge in [-0.2, -0.15) is 0 Å². The fourth-order valence-corrected chi connectivity index (χ4v) is 6.21. The van der Waals surface area contributed by atoms with Crippen molar-refractivity contribution in [3.05, 3.63) is 76.9 Å². The Bertz CT molecular complexity index is 654. The van der Waals surface area contributed by atoms with E-state index < -0.39 is 0 Å². The van der Waals surface area contributed by atoms with Crippen LogP contribution in [0.3, 0.4) is 0 Å². The van der Waals surface area contributed by atoms with E-state index in [1.165, 1.54) is 47.5 Å². The third-order valence-corrected chi connectivity index (χ3v) is 7.76. The van der Waals surface area contributed by atoms with Crippen molar-refractivity contribution in [2.45, 2.75) is 52.2 Å². The van der Waals surface area contributed by atoms with Gasteiger partial charge >= 0.3 is 0 Å². The van der Waals surface area contributed by atoms with E-state index >= 15 is 0 Å². The van der Waals surface area contributed by atoms with Crippen LogP contribution >= 0.6 is 17.9 Å². The SMILES string of the molecule is C/C=C/c1ccc(C)cc1.CCC(c1ccc(C)cc1)[S+]1CCCC1.PP.[Br-].[V]. The number of aryl methyl sites for hydroxylation is 2. The normalized spacial score (nSPS) is 13.9. The minimum Gasteiger partial charge on any atom is -1.00 e. The Morgan fingerprint density at radius 2 is 1.34 bits per heavy atom. The number of halogens is 1. The van der Waals surface area contributed by atoms with Crippen molar-refractivity contribution >= 4 is 34.8 Å². The molecule has 2 aromatic rings. The van der Waals surface area contributed by atoms with Crippen molar-refractivity contribution < 1.29 is 35.5 Å². The summed E-state index contributed by atoms with van der Waals surface area (Å²) in [5.41, 5.74) is 5.54. The molecule has 1 fully saturated rings. The van der Waals surface area contributed by atoms with Crippen LogP contribution in [-0.2, 0) is 29.5 Å². The molecule has 1 saturated heterocycles. The van der Waals surface area contributed by atoms with Crippen LogP contribution in [0.4, 0.5) is 0 Å². The van der Waals surface area contributed by atoms with Crippen LogP contribution in [0.5, 0.6) is 0 Å². The molecule has 1 aliphatic rings. The molecule has 1 heterocycles. The minimum atomic E-state index is 0. The van der Waals surface area contributed by atoms with Crippen LogP contribution in [0.1, 0.15) is 60.6 Å². The molecule has 0 amide bonds.